The van der Waals surface area contributed by atoms with Gasteiger partial charge in [0.2, 0.25) is 15.9 Å². The van der Waals surface area contributed by atoms with Gasteiger partial charge in [0.1, 0.15) is 11.1 Å². The van der Waals surface area contributed by atoms with Gasteiger partial charge in [0.15, 0.2) is 0 Å². The monoisotopic (exact) mass is 477 g/mol. The Hall–Kier alpha value is -2.72. The summed E-state index contributed by atoms with van der Waals surface area (Å²) in [5, 5.41) is 8.13. The van der Waals surface area contributed by atoms with Gasteiger partial charge in [-0.2, -0.15) is 4.31 Å². The Kier molecular flexibility index (Phi) is 6.58. The minimum Gasteiger partial charge on any atom is -0.481 e. The number of carbonyl (C=O) groups excluding carboxylic acids is 1. The van der Waals surface area contributed by atoms with Crippen LogP contribution < -0.4 is 4.90 Å². The lowest BCUT2D eigenvalue weighted by Crippen LogP contribution is -2.52. The summed E-state index contributed by atoms with van der Waals surface area (Å²) in [7, 11) is -3.60. The maximum absolute atomic E-state index is 13.5. The summed E-state index contributed by atoms with van der Waals surface area (Å²) in [5.74, 6) is -1.90. The molecule has 1 unspecified atom stereocenters. The van der Waals surface area contributed by atoms with Crippen LogP contribution in [0.25, 0.3) is 0 Å². The predicted octanol–water partition coefficient (Wildman–Crippen LogP) is 2.20. The lowest BCUT2D eigenvalue weighted by Gasteiger charge is -2.38. The SMILES string of the molecule is C[C@@H]1C=C2C(=CC1S(=O)(=O)N1CCN(c3ccc(F)cc3)CC1)CCN2C(=O)CCC(=O)O. The molecular weight excluding hydrogens is 449 g/mol. The Morgan fingerprint density at radius 2 is 1.70 bits per heavy atom. The molecule has 2 atom stereocenters. The third-order valence-electron chi connectivity index (χ3n) is 6.52. The highest BCUT2D eigenvalue weighted by molar-refractivity contribution is 7.89. The summed E-state index contributed by atoms with van der Waals surface area (Å²) in [6.07, 6.45) is 3.86. The lowest BCUT2D eigenvalue weighted by atomic mass is 9.95. The third-order valence-corrected chi connectivity index (χ3v) is 8.86. The number of carboxylic acid groups (broad SMARTS) is 1. The number of sulfonamides is 1. The molecule has 2 aliphatic heterocycles. The van der Waals surface area contributed by atoms with E-state index in [4.69, 9.17) is 5.11 Å². The quantitative estimate of drug-likeness (QED) is 0.675. The van der Waals surface area contributed by atoms with E-state index in [9.17, 15) is 22.4 Å². The molecule has 178 valence electrons. The van der Waals surface area contributed by atoms with Crippen LogP contribution in [0, 0.1) is 11.7 Å². The minimum atomic E-state index is -3.60. The molecule has 4 rings (SSSR count). The molecule has 0 spiro atoms. The molecule has 2 saturated heterocycles. The average Bonchev–Trinajstić information content (AvgIpc) is 3.20. The number of aliphatic carboxylic acids is 1. The number of anilines is 1. The zero-order valence-corrected chi connectivity index (χ0v) is 19.3. The van der Waals surface area contributed by atoms with Crippen LogP contribution in [0.1, 0.15) is 26.2 Å². The zero-order valence-electron chi connectivity index (χ0n) is 18.5. The molecule has 1 aromatic carbocycles. The van der Waals surface area contributed by atoms with Crippen LogP contribution in [0.15, 0.2) is 47.7 Å². The molecule has 33 heavy (non-hydrogen) atoms. The number of hydrogen-bond donors (Lipinski definition) is 1. The number of carboxylic acids is 1. The summed E-state index contributed by atoms with van der Waals surface area (Å²) in [6, 6.07) is 6.19. The Labute approximate surface area is 193 Å². The number of amides is 1. The molecular formula is C23H28FN3O5S. The number of allylic oxidation sites excluding steroid dienone is 2. The van der Waals surface area contributed by atoms with Crippen LogP contribution in [0.2, 0.25) is 0 Å². The number of piperazine rings is 1. The van der Waals surface area contributed by atoms with Crippen molar-refractivity contribution in [1.29, 1.82) is 0 Å². The van der Waals surface area contributed by atoms with E-state index in [-0.39, 0.29) is 30.5 Å². The molecule has 0 radical (unpaired) electrons. The smallest absolute Gasteiger partial charge is 0.303 e. The van der Waals surface area contributed by atoms with E-state index in [1.807, 2.05) is 17.9 Å². The summed E-state index contributed by atoms with van der Waals surface area (Å²) in [5.41, 5.74) is 2.41. The summed E-state index contributed by atoms with van der Waals surface area (Å²) >= 11 is 0. The number of rotatable bonds is 6. The molecule has 8 nitrogen and oxygen atoms in total. The van der Waals surface area contributed by atoms with Gasteiger partial charge in [0.05, 0.1) is 6.42 Å². The minimum absolute atomic E-state index is 0.0750. The number of likely N-dealkylation sites (tertiary alicyclic amines) is 1. The van der Waals surface area contributed by atoms with Gasteiger partial charge in [0, 0.05) is 50.5 Å². The normalized spacial score (nSPS) is 23.7. The van der Waals surface area contributed by atoms with Gasteiger partial charge in [0.25, 0.3) is 0 Å². The molecule has 0 bridgehead atoms. The largest absolute Gasteiger partial charge is 0.481 e. The highest BCUT2D eigenvalue weighted by atomic mass is 32.2. The van der Waals surface area contributed by atoms with E-state index < -0.39 is 21.2 Å². The Balaban J connectivity index is 1.43. The standard InChI is InChI=1S/C23H28FN3O5S/c1-16-14-20-17(8-9-27(20)22(28)6-7-23(29)30)15-21(16)33(31,32)26-12-10-25(11-13-26)19-4-2-18(24)3-5-19/h2-5,14-16,21H,6-13H2,1H3,(H,29,30)/t16-,21?/m1/s1. The fourth-order valence-electron chi connectivity index (χ4n) is 4.70. The first-order chi connectivity index (χ1) is 15.7. The van der Waals surface area contributed by atoms with E-state index in [2.05, 4.69) is 0 Å². The second kappa shape index (κ2) is 9.26. The second-order valence-electron chi connectivity index (χ2n) is 8.66. The number of nitrogens with zero attached hydrogens (tertiary/aromatic N) is 3. The van der Waals surface area contributed by atoms with Crippen LogP contribution in [0.4, 0.5) is 10.1 Å². The van der Waals surface area contributed by atoms with Gasteiger partial charge in [-0.3, -0.25) is 9.59 Å². The van der Waals surface area contributed by atoms with Crippen LogP contribution >= 0.6 is 0 Å². The van der Waals surface area contributed by atoms with Crippen molar-refractivity contribution >= 4 is 27.6 Å². The van der Waals surface area contributed by atoms with Crippen molar-refractivity contribution < 1.29 is 27.5 Å². The van der Waals surface area contributed by atoms with Crippen LogP contribution in [0.3, 0.4) is 0 Å². The predicted molar refractivity (Wildman–Crippen MR) is 121 cm³/mol. The summed E-state index contributed by atoms with van der Waals surface area (Å²) in [6.45, 7) is 4.01. The zero-order chi connectivity index (χ0) is 23.8. The summed E-state index contributed by atoms with van der Waals surface area (Å²) in [4.78, 5) is 26.9. The highest BCUT2D eigenvalue weighted by Gasteiger charge is 2.40. The molecule has 1 amide bonds. The molecule has 3 aliphatic rings. The van der Waals surface area contributed by atoms with Crippen molar-refractivity contribution in [2.75, 3.05) is 37.6 Å². The highest BCUT2D eigenvalue weighted by Crippen LogP contribution is 2.37. The molecule has 0 saturated carbocycles. The Bertz CT molecular complexity index is 1090. The van der Waals surface area contributed by atoms with E-state index in [0.717, 1.165) is 11.3 Å². The van der Waals surface area contributed by atoms with E-state index in [1.165, 1.54) is 16.4 Å². The topological polar surface area (TPSA) is 98.2 Å². The van der Waals surface area contributed by atoms with Crippen LogP contribution in [-0.4, -0.2) is 72.6 Å². The van der Waals surface area contributed by atoms with Crippen molar-refractivity contribution in [3.8, 4) is 0 Å². The van der Waals surface area contributed by atoms with Crippen LogP contribution in [-0.2, 0) is 19.6 Å². The Morgan fingerprint density at radius 1 is 1.03 bits per heavy atom. The van der Waals surface area contributed by atoms with Crippen molar-refractivity contribution in [2.45, 2.75) is 31.4 Å². The Morgan fingerprint density at radius 3 is 2.33 bits per heavy atom. The first-order valence-electron chi connectivity index (χ1n) is 11.1. The first-order valence-corrected chi connectivity index (χ1v) is 12.6. The molecule has 1 N–H and O–H groups in total. The second-order valence-corrected chi connectivity index (χ2v) is 10.8. The van der Waals surface area contributed by atoms with E-state index in [0.29, 0.717) is 44.8 Å². The molecule has 0 aromatic heterocycles. The summed E-state index contributed by atoms with van der Waals surface area (Å²) < 4.78 is 41.6. The maximum atomic E-state index is 13.5. The number of hydrogen-bond acceptors (Lipinski definition) is 5. The van der Waals surface area contributed by atoms with Crippen molar-refractivity contribution in [2.24, 2.45) is 5.92 Å². The van der Waals surface area contributed by atoms with Gasteiger partial charge in [-0.1, -0.05) is 19.1 Å². The molecule has 10 heteroatoms. The molecule has 1 aliphatic carbocycles. The molecule has 2 fully saturated rings. The van der Waals surface area contributed by atoms with Crippen molar-refractivity contribution in [3.05, 3.63) is 53.5 Å². The third kappa shape index (κ3) is 4.81. The number of benzene rings is 1. The number of halogens is 1. The number of carbonyl (C=O) groups is 2. The number of fused-ring (bicyclic) bond motifs is 1. The fraction of sp³-hybridized carbons (Fsp3) is 0.478. The van der Waals surface area contributed by atoms with Crippen LogP contribution in [0.5, 0.6) is 0 Å². The van der Waals surface area contributed by atoms with Gasteiger partial charge in [-0.05, 0) is 42.2 Å². The van der Waals surface area contributed by atoms with Gasteiger partial charge in [-0.25, -0.2) is 12.8 Å². The van der Waals surface area contributed by atoms with E-state index in [1.54, 1.807) is 23.1 Å². The van der Waals surface area contributed by atoms with Gasteiger partial charge in [-0.15, -0.1) is 0 Å². The fourth-order valence-corrected chi connectivity index (χ4v) is 6.68. The van der Waals surface area contributed by atoms with Crippen molar-refractivity contribution in [1.82, 2.24) is 9.21 Å². The average molecular weight is 478 g/mol. The van der Waals surface area contributed by atoms with E-state index >= 15 is 0 Å². The molecule has 1 aromatic rings. The van der Waals surface area contributed by atoms with Gasteiger partial charge >= 0.3 is 5.97 Å². The maximum Gasteiger partial charge on any atom is 0.303 e. The molecule has 2 heterocycles. The van der Waals surface area contributed by atoms with Crippen molar-refractivity contribution in [3.63, 3.8) is 0 Å². The van der Waals surface area contributed by atoms with Gasteiger partial charge < -0.3 is 14.9 Å². The first kappa shape index (κ1) is 23.4. The lowest BCUT2D eigenvalue weighted by molar-refractivity contribution is -0.140.